The van der Waals surface area contributed by atoms with Gasteiger partial charge < -0.3 is 5.32 Å². The Kier molecular flexibility index (Phi) is 4.82. The average molecular weight is 302 g/mol. The molecule has 0 aromatic heterocycles. The van der Waals surface area contributed by atoms with Gasteiger partial charge in [0.1, 0.15) is 0 Å². The lowest BCUT2D eigenvalue weighted by molar-refractivity contribution is -0.00533. The number of rotatable bonds is 4. The molecule has 1 aliphatic carbocycles. The second-order valence-electron chi connectivity index (χ2n) is 7.18. The van der Waals surface area contributed by atoms with Crippen LogP contribution in [0, 0.1) is 0 Å². The molecule has 5 heteroatoms. The standard InChI is InChI=1S/C15H30N2O2S/c1-4-20(18,19)11-10-17-13-14(2,3)16-12-15(17)8-6-5-7-9-15/h16H,4-13H2,1-3H3. The maximum absolute atomic E-state index is 11.8. The lowest BCUT2D eigenvalue weighted by atomic mass is 9.77. The Labute approximate surface area is 124 Å². The van der Waals surface area contributed by atoms with E-state index in [1.165, 1.54) is 32.1 Å². The largest absolute Gasteiger partial charge is 0.309 e. The van der Waals surface area contributed by atoms with Crippen LogP contribution in [0.3, 0.4) is 0 Å². The molecule has 0 aromatic carbocycles. The molecule has 0 bridgehead atoms. The van der Waals surface area contributed by atoms with Gasteiger partial charge in [0.2, 0.25) is 0 Å². The van der Waals surface area contributed by atoms with E-state index in [2.05, 4.69) is 24.1 Å². The summed E-state index contributed by atoms with van der Waals surface area (Å²) in [5.74, 6) is 0.566. The van der Waals surface area contributed by atoms with Gasteiger partial charge in [0.25, 0.3) is 0 Å². The third-order valence-corrected chi connectivity index (χ3v) is 6.73. The van der Waals surface area contributed by atoms with Crippen LogP contribution in [0.1, 0.15) is 52.9 Å². The fourth-order valence-electron chi connectivity index (χ4n) is 3.63. The predicted octanol–water partition coefficient (Wildman–Crippen LogP) is 1.81. The first-order chi connectivity index (χ1) is 9.29. The fraction of sp³-hybridized carbons (Fsp3) is 1.00. The molecule has 2 aliphatic rings. The van der Waals surface area contributed by atoms with E-state index in [1.807, 2.05) is 0 Å². The van der Waals surface area contributed by atoms with Crippen molar-refractivity contribution in [1.82, 2.24) is 10.2 Å². The van der Waals surface area contributed by atoms with Crippen molar-refractivity contribution in [2.24, 2.45) is 0 Å². The van der Waals surface area contributed by atoms with E-state index in [0.717, 1.165) is 13.1 Å². The van der Waals surface area contributed by atoms with Crippen LogP contribution in [-0.2, 0) is 9.84 Å². The van der Waals surface area contributed by atoms with E-state index < -0.39 is 9.84 Å². The summed E-state index contributed by atoms with van der Waals surface area (Å²) in [6.45, 7) is 8.82. The van der Waals surface area contributed by atoms with E-state index in [0.29, 0.717) is 12.3 Å². The van der Waals surface area contributed by atoms with Crippen LogP contribution in [0.4, 0.5) is 0 Å². The van der Waals surface area contributed by atoms with Gasteiger partial charge in [0.15, 0.2) is 9.84 Å². The quantitative estimate of drug-likeness (QED) is 0.860. The molecule has 1 spiro atoms. The maximum atomic E-state index is 11.8. The molecule has 4 nitrogen and oxygen atoms in total. The van der Waals surface area contributed by atoms with E-state index in [4.69, 9.17) is 0 Å². The van der Waals surface area contributed by atoms with Crippen LogP contribution in [0.25, 0.3) is 0 Å². The van der Waals surface area contributed by atoms with Crippen molar-refractivity contribution in [2.45, 2.75) is 64.0 Å². The van der Waals surface area contributed by atoms with Crippen LogP contribution in [0.5, 0.6) is 0 Å². The van der Waals surface area contributed by atoms with E-state index in [1.54, 1.807) is 6.92 Å². The summed E-state index contributed by atoms with van der Waals surface area (Å²) in [5, 5.41) is 3.67. The minimum absolute atomic E-state index is 0.0820. The minimum Gasteiger partial charge on any atom is -0.309 e. The molecule has 118 valence electrons. The van der Waals surface area contributed by atoms with Crippen LogP contribution in [0.15, 0.2) is 0 Å². The average Bonchev–Trinajstić information content (AvgIpc) is 2.41. The molecule has 1 heterocycles. The molecule has 1 N–H and O–H groups in total. The Morgan fingerprint density at radius 1 is 1.15 bits per heavy atom. The van der Waals surface area contributed by atoms with E-state index >= 15 is 0 Å². The molecule has 0 aromatic rings. The summed E-state index contributed by atoms with van der Waals surface area (Å²) in [7, 11) is -2.87. The number of piperazine rings is 1. The summed E-state index contributed by atoms with van der Waals surface area (Å²) >= 11 is 0. The first-order valence-corrected chi connectivity index (χ1v) is 9.81. The molecular formula is C15H30N2O2S. The Balaban J connectivity index is 2.10. The second kappa shape index (κ2) is 5.93. The molecule has 0 atom stereocenters. The highest BCUT2D eigenvalue weighted by Gasteiger charge is 2.44. The van der Waals surface area contributed by atoms with Gasteiger partial charge in [-0.2, -0.15) is 0 Å². The van der Waals surface area contributed by atoms with Crippen LogP contribution in [-0.4, -0.2) is 55.5 Å². The monoisotopic (exact) mass is 302 g/mol. The van der Waals surface area contributed by atoms with Gasteiger partial charge in [-0.05, 0) is 26.7 Å². The summed E-state index contributed by atoms with van der Waals surface area (Å²) < 4.78 is 23.7. The molecule has 1 saturated heterocycles. The molecule has 1 aliphatic heterocycles. The summed E-state index contributed by atoms with van der Waals surface area (Å²) in [4.78, 5) is 2.48. The lowest BCUT2D eigenvalue weighted by Gasteiger charge is -2.54. The molecule has 0 unspecified atom stereocenters. The number of hydrogen-bond donors (Lipinski definition) is 1. The van der Waals surface area contributed by atoms with Crippen LogP contribution < -0.4 is 5.32 Å². The summed E-state index contributed by atoms with van der Waals surface area (Å²) in [6.07, 6.45) is 6.30. The molecule has 1 saturated carbocycles. The van der Waals surface area contributed by atoms with Gasteiger partial charge in [-0.25, -0.2) is 8.42 Å². The summed E-state index contributed by atoms with van der Waals surface area (Å²) in [6, 6.07) is 0. The predicted molar refractivity (Wildman–Crippen MR) is 83.8 cm³/mol. The zero-order valence-corrected chi connectivity index (χ0v) is 14.1. The zero-order valence-electron chi connectivity index (χ0n) is 13.2. The summed E-state index contributed by atoms with van der Waals surface area (Å²) in [5.41, 5.74) is 0.287. The van der Waals surface area contributed by atoms with Crippen molar-refractivity contribution < 1.29 is 8.42 Å². The van der Waals surface area contributed by atoms with Crippen molar-refractivity contribution in [2.75, 3.05) is 31.1 Å². The normalized spacial score (nSPS) is 26.8. The molecular weight excluding hydrogens is 272 g/mol. The number of nitrogens with one attached hydrogen (secondary N) is 1. The van der Waals surface area contributed by atoms with Gasteiger partial charge in [0.05, 0.1) is 5.75 Å². The highest BCUT2D eigenvalue weighted by Crippen LogP contribution is 2.36. The van der Waals surface area contributed by atoms with E-state index in [-0.39, 0.29) is 16.8 Å². The molecule has 2 rings (SSSR count). The second-order valence-corrected chi connectivity index (χ2v) is 9.65. The topological polar surface area (TPSA) is 49.4 Å². The lowest BCUT2D eigenvalue weighted by Crippen LogP contribution is -2.69. The van der Waals surface area contributed by atoms with Crippen molar-refractivity contribution in [3.63, 3.8) is 0 Å². The van der Waals surface area contributed by atoms with Gasteiger partial charge >= 0.3 is 0 Å². The van der Waals surface area contributed by atoms with Gasteiger partial charge in [-0.1, -0.05) is 26.2 Å². The Bertz CT molecular complexity index is 425. The molecule has 2 fully saturated rings. The van der Waals surface area contributed by atoms with Crippen molar-refractivity contribution in [3.8, 4) is 0 Å². The smallest absolute Gasteiger partial charge is 0.151 e. The van der Waals surface area contributed by atoms with Crippen LogP contribution >= 0.6 is 0 Å². The first-order valence-electron chi connectivity index (χ1n) is 7.99. The van der Waals surface area contributed by atoms with Crippen molar-refractivity contribution in [1.29, 1.82) is 0 Å². The zero-order chi connectivity index (χ0) is 14.9. The van der Waals surface area contributed by atoms with E-state index in [9.17, 15) is 8.42 Å². The Morgan fingerprint density at radius 2 is 1.80 bits per heavy atom. The Morgan fingerprint density at radius 3 is 2.40 bits per heavy atom. The van der Waals surface area contributed by atoms with Crippen LogP contribution in [0.2, 0.25) is 0 Å². The highest BCUT2D eigenvalue weighted by molar-refractivity contribution is 7.91. The molecule has 0 amide bonds. The van der Waals surface area contributed by atoms with Crippen molar-refractivity contribution in [3.05, 3.63) is 0 Å². The molecule has 0 radical (unpaired) electrons. The first kappa shape index (κ1) is 16.2. The number of nitrogens with zero attached hydrogens (tertiary/aromatic N) is 1. The van der Waals surface area contributed by atoms with Gasteiger partial charge in [-0.15, -0.1) is 0 Å². The third kappa shape index (κ3) is 3.74. The van der Waals surface area contributed by atoms with Crippen molar-refractivity contribution >= 4 is 9.84 Å². The maximum Gasteiger partial charge on any atom is 0.151 e. The third-order valence-electron chi connectivity index (χ3n) is 5.05. The SMILES string of the molecule is CCS(=O)(=O)CCN1CC(C)(C)NCC12CCCCC2. The van der Waals surface area contributed by atoms with Gasteiger partial charge in [0, 0.05) is 36.5 Å². The minimum atomic E-state index is -2.87. The van der Waals surface area contributed by atoms with Gasteiger partial charge in [-0.3, -0.25) is 4.90 Å². The fourth-order valence-corrected chi connectivity index (χ4v) is 4.42. The number of sulfone groups is 1. The number of hydrogen-bond acceptors (Lipinski definition) is 4. The highest BCUT2D eigenvalue weighted by atomic mass is 32.2. The molecule has 20 heavy (non-hydrogen) atoms. The Hall–Kier alpha value is -0.130.